The van der Waals surface area contributed by atoms with Crippen molar-refractivity contribution in [1.29, 1.82) is 0 Å². The maximum atomic E-state index is 14.2. The van der Waals surface area contributed by atoms with E-state index in [4.69, 9.17) is 18.9 Å². The molecular weight excluding hydrogens is 644 g/mol. The molecule has 0 aliphatic carbocycles. The highest BCUT2D eigenvalue weighted by atomic mass is 32.1. The molecule has 0 amide bonds. The van der Waals surface area contributed by atoms with E-state index in [0.717, 1.165) is 29.5 Å². The van der Waals surface area contributed by atoms with Gasteiger partial charge in [-0.25, -0.2) is 9.79 Å². The molecule has 0 fully saturated rings. The lowest BCUT2D eigenvalue weighted by Gasteiger charge is -2.25. The monoisotopic (exact) mass is 674 g/mol. The number of benzene rings is 3. The number of hydrogen-bond acceptors (Lipinski definition) is 12. The standard InChI is InChI=1S/C33H30N4O10S/c1-6-45-32(39)29-19(4)34-33-35(30(29)21-11-13-26(46-18(2)3)27(15-21)44-5)31(38)28(48-33)16-20-9-7-8-10-24(20)47-25-14-12-22(36(40)41)17-23(25)37(42)43/h7-18,30H,6H2,1-5H3/b28-16-/t30-/m0/s1. The van der Waals surface area contributed by atoms with E-state index in [1.165, 1.54) is 11.7 Å². The van der Waals surface area contributed by atoms with Crippen LogP contribution in [-0.2, 0) is 9.53 Å². The van der Waals surface area contributed by atoms with Crippen molar-refractivity contribution in [3.05, 3.63) is 123 Å². The molecule has 0 radical (unpaired) electrons. The average molecular weight is 675 g/mol. The normalized spacial score (nSPS) is 14.3. The Hall–Kier alpha value is -5.83. The van der Waals surface area contributed by atoms with Crippen LogP contribution in [-0.4, -0.2) is 40.2 Å². The number of ether oxygens (including phenoxy) is 4. The molecule has 14 nitrogen and oxygen atoms in total. The largest absolute Gasteiger partial charge is 0.493 e. The number of fused-ring (bicyclic) bond motifs is 1. The van der Waals surface area contributed by atoms with Crippen LogP contribution in [0.5, 0.6) is 23.0 Å². The maximum Gasteiger partial charge on any atom is 0.338 e. The molecule has 1 aromatic heterocycles. The summed E-state index contributed by atoms with van der Waals surface area (Å²) in [6.45, 7) is 7.23. The highest BCUT2D eigenvalue weighted by Crippen LogP contribution is 2.38. The van der Waals surface area contributed by atoms with E-state index in [2.05, 4.69) is 4.99 Å². The van der Waals surface area contributed by atoms with E-state index in [9.17, 15) is 29.8 Å². The van der Waals surface area contributed by atoms with Gasteiger partial charge < -0.3 is 18.9 Å². The van der Waals surface area contributed by atoms with Gasteiger partial charge in [0.15, 0.2) is 16.3 Å². The number of esters is 1. The highest BCUT2D eigenvalue weighted by molar-refractivity contribution is 7.07. The lowest BCUT2D eigenvalue weighted by atomic mass is 9.95. The quantitative estimate of drug-likeness (QED) is 0.117. The number of aromatic nitrogens is 1. The van der Waals surface area contributed by atoms with Crippen LogP contribution < -0.4 is 29.1 Å². The van der Waals surface area contributed by atoms with Gasteiger partial charge in [0, 0.05) is 11.6 Å². The minimum absolute atomic E-state index is 0.112. The fraction of sp³-hybridized carbons (Fsp3) is 0.242. The van der Waals surface area contributed by atoms with Crippen LogP contribution in [0.4, 0.5) is 11.4 Å². The maximum absolute atomic E-state index is 14.2. The fourth-order valence-corrected chi connectivity index (χ4v) is 6.15. The van der Waals surface area contributed by atoms with Crippen LogP contribution in [0, 0.1) is 20.2 Å². The van der Waals surface area contributed by atoms with Crippen molar-refractivity contribution >= 4 is 34.8 Å². The Morgan fingerprint density at radius 2 is 1.75 bits per heavy atom. The van der Waals surface area contributed by atoms with Gasteiger partial charge in [0.2, 0.25) is 5.75 Å². The molecule has 48 heavy (non-hydrogen) atoms. The van der Waals surface area contributed by atoms with Crippen molar-refractivity contribution in [2.24, 2.45) is 4.99 Å². The van der Waals surface area contributed by atoms with Gasteiger partial charge in [-0.1, -0.05) is 35.6 Å². The van der Waals surface area contributed by atoms with E-state index >= 15 is 0 Å². The van der Waals surface area contributed by atoms with Gasteiger partial charge >= 0.3 is 11.7 Å². The van der Waals surface area contributed by atoms with Crippen LogP contribution >= 0.6 is 11.3 Å². The second kappa shape index (κ2) is 13.9. The number of thiazole rings is 1. The molecule has 4 aromatic rings. The summed E-state index contributed by atoms with van der Waals surface area (Å²) in [7, 11) is 1.50. The second-order valence-electron chi connectivity index (χ2n) is 10.7. The molecule has 5 rings (SSSR count). The molecule has 0 spiro atoms. The highest BCUT2D eigenvalue weighted by Gasteiger charge is 2.34. The second-order valence-corrected chi connectivity index (χ2v) is 11.7. The number of allylic oxidation sites excluding steroid dienone is 1. The van der Waals surface area contributed by atoms with Crippen molar-refractivity contribution in [3.8, 4) is 23.0 Å². The lowest BCUT2D eigenvalue weighted by Crippen LogP contribution is -2.40. The van der Waals surface area contributed by atoms with Gasteiger partial charge in [0.1, 0.15) is 5.75 Å². The third-order valence-electron chi connectivity index (χ3n) is 7.16. The van der Waals surface area contributed by atoms with E-state index < -0.39 is 38.8 Å². The third-order valence-corrected chi connectivity index (χ3v) is 8.14. The number of carbonyl (C=O) groups excluding carboxylic acids is 1. The Balaban J connectivity index is 1.65. The van der Waals surface area contributed by atoms with E-state index in [1.54, 1.807) is 62.4 Å². The summed E-state index contributed by atoms with van der Waals surface area (Å²) >= 11 is 1.08. The first-order chi connectivity index (χ1) is 22.9. The predicted octanol–water partition coefficient (Wildman–Crippen LogP) is 5.20. The molecular formula is C33H30N4O10S. The van der Waals surface area contributed by atoms with Crippen LogP contribution in [0.3, 0.4) is 0 Å². The Morgan fingerprint density at radius 3 is 2.42 bits per heavy atom. The number of para-hydroxylation sites is 1. The molecule has 0 unspecified atom stereocenters. The number of hydrogen-bond donors (Lipinski definition) is 0. The van der Waals surface area contributed by atoms with E-state index in [1.807, 2.05) is 13.8 Å². The van der Waals surface area contributed by atoms with Crippen LogP contribution in [0.2, 0.25) is 0 Å². The van der Waals surface area contributed by atoms with Crippen LogP contribution in [0.25, 0.3) is 6.08 Å². The number of nitro benzene ring substituents is 2. The fourth-order valence-electron chi connectivity index (χ4n) is 5.11. The molecule has 0 bridgehead atoms. The van der Waals surface area contributed by atoms with Gasteiger partial charge in [0.05, 0.1) is 57.6 Å². The molecule has 1 aliphatic rings. The first kappa shape index (κ1) is 33.5. The Morgan fingerprint density at radius 1 is 1.02 bits per heavy atom. The molecule has 1 aliphatic heterocycles. The molecule has 1 atom stereocenters. The molecule has 0 N–H and O–H groups in total. The van der Waals surface area contributed by atoms with Crippen molar-refractivity contribution in [3.63, 3.8) is 0 Å². The number of non-ortho nitro benzene ring substituents is 1. The van der Waals surface area contributed by atoms with Crippen molar-refractivity contribution < 1.29 is 33.6 Å². The summed E-state index contributed by atoms with van der Waals surface area (Å²) < 4.78 is 24.4. The molecule has 2 heterocycles. The summed E-state index contributed by atoms with van der Waals surface area (Å²) in [5.74, 6) is 0.217. The Bertz CT molecular complexity index is 2150. The number of nitro groups is 2. The van der Waals surface area contributed by atoms with Gasteiger partial charge in [-0.15, -0.1) is 0 Å². The molecule has 15 heteroatoms. The number of carbonyl (C=O) groups is 1. The third kappa shape index (κ3) is 6.66. The molecule has 248 valence electrons. The van der Waals surface area contributed by atoms with Crippen molar-refractivity contribution in [1.82, 2.24) is 4.57 Å². The predicted molar refractivity (Wildman–Crippen MR) is 175 cm³/mol. The summed E-state index contributed by atoms with van der Waals surface area (Å²) in [6.07, 6.45) is 1.43. The lowest BCUT2D eigenvalue weighted by molar-refractivity contribution is -0.394. The number of methoxy groups -OCH3 is 1. The van der Waals surface area contributed by atoms with E-state index in [-0.39, 0.29) is 34.3 Å². The SMILES string of the molecule is CCOC(=O)C1=C(C)N=c2s/c(=C\c3ccccc3Oc3ccc([N+](=O)[O-])cc3[N+](=O)[O-])c(=O)n2[C@H]1c1ccc(OC(C)C)c(OC)c1. The van der Waals surface area contributed by atoms with Crippen molar-refractivity contribution in [2.75, 3.05) is 13.7 Å². The van der Waals surface area contributed by atoms with Crippen LogP contribution in [0.1, 0.15) is 44.9 Å². The molecule has 3 aromatic carbocycles. The van der Waals surface area contributed by atoms with Crippen LogP contribution in [0.15, 0.2) is 81.7 Å². The van der Waals surface area contributed by atoms with Gasteiger partial charge in [0.25, 0.3) is 11.2 Å². The zero-order valence-electron chi connectivity index (χ0n) is 26.5. The first-order valence-electron chi connectivity index (χ1n) is 14.7. The number of rotatable bonds is 11. The average Bonchev–Trinajstić information content (AvgIpc) is 3.34. The zero-order chi connectivity index (χ0) is 34.7. The van der Waals surface area contributed by atoms with Gasteiger partial charge in [-0.05, 0) is 63.6 Å². The Kier molecular flexibility index (Phi) is 9.70. The molecule has 0 saturated heterocycles. The van der Waals surface area contributed by atoms with Gasteiger partial charge in [-0.2, -0.15) is 0 Å². The Labute approximate surface area is 277 Å². The van der Waals surface area contributed by atoms with E-state index in [0.29, 0.717) is 33.1 Å². The van der Waals surface area contributed by atoms with Crippen molar-refractivity contribution in [2.45, 2.75) is 39.8 Å². The summed E-state index contributed by atoms with van der Waals surface area (Å²) in [5, 5.41) is 22.9. The summed E-state index contributed by atoms with van der Waals surface area (Å²) in [5.41, 5.74) is -0.00901. The van der Waals surface area contributed by atoms with Gasteiger partial charge in [-0.3, -0.25) is 29.6 Å². The summed E-state index contributed by atoms with van der Waals surface area (Å²) in [4.78, 5) is 53.8. The topological polar surface area (TPSA) is 175 Å². The number of nitrogens with zero attached hydrogens (tertiary/aromatic N) is 4. The first-order valence-corrected chi connectivity index (χ1v) is 15.5. The minimum atomic E-state index is -0.918. The summed E-state index contributed by atoms with van der Waals surface area (Å²) in [6, 6.07) is 13.8. The smallest absolute Gasteiger partial charge is 0.338 e. The zero-order valence-corrected chi connectivity index (χ0v) is 27.3. The minimum Gasteiger partial charge on any atom is -0.493 e. The molecule has 0 saturated carbocycles.